The molecular weight excluding hydrogens is 232 g/mol. The smallest absolute Gasteiger partial charge is 0.220 e. The summed E-state index contributed by atoms with van der Waals surface area (Å²) < 4.78 is 5.06. The third-order valence-corrected chi connectivity index (χ3v) is 2.76. The molecule has 0 spiro atoms. The van der Waals surface area contributed by atoms with E-state index in [0.29, 0.717) is 24.1 Å². The molecule has 1 aromatic carbocycles. The van der Waals surface area contributed by atoms with Gasteiger partial charge in [0.25, 0.3) is 0 Å². The number of aromatic hydroxyl groups is 1. The highest BCUT2D eigenvalue weighted by Crippen LogP contribution is 2.19. The van der Waals surface area contributed by atoms with Crippen LogP contribution >= 0.6 is 0 Å². The zero-order valence-electron chi connectivity index (χ0n) is 10.8. The summed E-state index contributed by atoms with van der Waals surface area (Å²) in [7, 11) is 1.62. The van der Waals surface area contributed by atoms with Gasteiger partial charge in [-0.05, 0) is 31.5 Å². The molecule has 1 amide bonds. The number of benzene rings is 1. The summed E-state index contributed by atoms with van der Waals surface area (Å²) in [6.07, 6.45) is 1.14. The Morgan fingerprint density at radius 1 is 1.56 bits per heavy atom. The minimum Gasteiger partial charge on any atom is -0.508 e. The molecule has 0 aliphatic carbocycles. The van der Waals surface area contributed by atoms with Gasteiger partial charge in [-0.1, -0.05) is 0 Å². The van der Waals surface area contributed by atoms with Gasteiger partial charge in [-0.2, -0.15) is 0 Å². The van der Waals surface area contributed by atoms with Crippen molar-refractivity contribution < 1.29 is 14.6 Å². The van der Waals surface area contributed by atoms with E-state index in [1.165, 1.54) is 6.07 Å². The summed E-state index contributed by atoms with van der Waals surface area (Å²) in [4.78, 5) is 11.6. The van der Waals surface area contributed by atoms with E-state index in [0.717, 1.165) is 0 Å². The summed E-state index contributed by atoms with van der Waals surface area (Å²) in [5.41, 5.74) is 6.78. The Morgan fingerprint density at radius 2 is 2.28 bits per heavy atom. The summed E-state index contributed by atoms with van der Waals surface area (Å²) >= 11 is 0. The first kappa shape index (κ1) is 14.3. The van der Waals surface area contributed by atoms with Crippen LogP contribution in [-0.4, -0.2) is 24.2 Å². The van der Waals surface area contributed by atoms with Crippen LogP contribution < -0.4 is 11.1 Å². The molecule has 4 N–H and O–H groups in total. The van der Waals surface area contributed by atoms with E-state index in [9.17, 15) is 9.90 Å². The van der Waals surface area contributed by atoms with E-state index in [1.807, 2.05) is 6.92 Å². The van der Waals surface area contributed by atoms with Crippen LogP contribution in [0.15, 0.2) is 18.2 Å². The Balaban J connectivity index is 2.40. The number of methoxy groups -OCH3 is 1. The van der Waals surface area contributed by atoms with Crippen LogP contribution in [0.3, 0.4) is 0 Å². The lowest BCUT2D eigenvalue weighted by atomic mass is 10.1. The van der Waals surface area contributed by atoms with Crippen molar-refractivity contribution >= 4 is 11.6 Å². The van der Waals surface area contributed by atoms with Gasteiger partial charge in [0.2, 0.25) is 5.91 Å². The number of nitrogens with one attached hydrogen (secondary N) is 1. The van der Waals surface area contributed by atoms with Crippen LogP contribution in [0.2, 0.25) is 0 Å². The van der Waals surface area contributed by atoms with Gasteiger partial charge in [0, 0.05) is 31.3 Å². The standard InChI is InChI=1S/C13H20N2O3/c1-9(18-2)3-6-13(17)15-8-10-7-11(14)4-5-12(10)16/h4-5,7,9,16H,3,6,8,14H2,1-2H3,(H,15,17). The molecule has 0 saturated carbocycles. The Labute approximate surface area is 107 Å². The predicted octanol–water partition coefficient (Wildman–Crippen LogP) is 1.41. The number of nitrogens with two attached hydrogens (primary N) is 1. The molecule has 0 bridgehead atoms. The molecule has 5 heteroatoms. The van der Waals surface area contributed by atoms with E-state index >= 15 is 0 Å². The van der Waals surface area contributed by atoms with Crippen LogP contribution in [0.4, 0.5) is 5.69 Å². The lowest BCUT2D eigenvalue weighted by Crippen LogP contribution is -2.24. The van der Waals surface area contributed by atoms with Crippen LogP contribution in [0.1, 0.15) is 25.3 Å². The lowest BCUT2D eigenvalue weighted by molar-refractivity contribution is -0.121. The topological polar surface area (TPSA) is 84.6 Å². The van der Waals surface area contributed by atoms with Gasteiger partial charge in [-0.15, -0.1) is 0 Å². The minimum atomic E-state index is -0.0688. The first-order valence-electron chi connectivity index (χ1n) is 5.89. The second kappa shape index (κ2) is 6.86. The molecule has 0 aliphatic rings. The average Bonchev–Trinajstić information content (AvgIpc) is 2.36. The van der Waals surface area contributed by atoms with E-state index in [4.69, 9.17) is 10.5 Å². The zero-order chi connectivity index (χ0) is 13.5. The molecule has 100 valence electrons. The third kappa shape index (κ3) is 4.63. The molecule has 0 fully saturated rings. The molecule has 5 nitrogen and oxygen atoms in total. The first-order valence-corrected chi connectivity index (χ1v) is 5.89. The monoisotopic (exact) mass is 252 g/mol. The zero-order valence-corrected chi connectivity index (χ0v) is 10.8. The maximum Gasteiger partial charge on any atom is 0.220 e. The number of carbonyl (C=O) groups excluding carboxylic acids is 1. The van der Waals surface area contributed by atoms with Gasteiger partial charge in [0.1, 0.15) is 5.75 Å². The largest absolute Gasteiger partial charge is 0.508 e. The number of hydrogen-bond acceptors (Lipinski definition) is 4. The van der Waals surface area contributed by atoms with Crippen LogP contribution in [0.5, 0.6) is 5.75 Å². The highest BCUT2D eigenvalue weighted by molar-refractivity contribution is 5.76. The quantitative estimate of drug-likeness (QED) is 0.528. The number of phenols is 1. The van der Waals surface area contributed by atoms with Crippen molar-refractivity contribution in [2.75, 3.05) is 12.8 Å². The molecule has 1 unspecified atom stereocenters. The van der Waals surface area contributed by atoms with Gasteiger partial charge >= 0.3 is 0 Å². The fraction of sp³-hybridized carbons (Fsp3) is 0.462. The Morgan fingerprint density at radius 3 is 2.94 bits per heavy atom. The van der Waals surface area contributed by atoms with E-state index in [2.05, 4.69) is 5.32 Å². The van der Waals surface area contributed by atoms with E-state index in [-0.39, 0.29) is 24.3 Å². The van der Waals surface area contributed by atoms with Gasteiger partial charge in [0.05, 0.1) is 6.10 Å². The van der Waals surface area contributed by atoms with Gasteiger partial charge in [-0.3, -0.25) is 4.79 Å². The lowest BCUT2D eigenvalue weighted by Gasteiger charge is -2.10. The van der Waals surface area contributed by atoms with Crippen molar-refractivity contribution in [3.63, 3.8) is 0 Å². The SMILES string of the molecule is COC(C)CCC(=O)NCc1cc(N)ccc1O. The van der Waals surface area contributed by atoms with Crippen molar-refractivity contribution in [2.45, 2.75) is 32.4 Å². The molecule has 0 aliphatic heterocycles. The normalized spacial score (nSPS) is 12.1. The molecular formula is C13H20N2O3. The summed E-state index contributed by atoms with van der Waals surface area (Å²) in [5.74, 6) is 0.0653. The summed E-state index contributed by atoms with van der Waals surface area (Å²) in [6.45, 7) is 2.19. The summed E-state index contributed by atoms with van der Waals surface area (Å²) in [5, 5.41) is 12.3. The van der Waals surface area contributed by atoms with Gasteiger partial charge in [0.15, 0.2) is 0 Å². The molecule has 1 aromatic rings. The maximum atomic E-state index is 11.6. The first-order chi connectivity index (χ1) is 8.52. The highest BCUT2D eigenvalue weighted by Gasteiger charge is 2.07. The second-order valence-corrected chi connectivity index (χ2v) is 4.25. The number of rotatable bonds is 6. The number of anilines is 1. The fourth-order valence-corrected chi connectivity index (χ4v) is 1.48. The average molecular weight is 252 g/mol. The Hall–Kier alpha value is -1.75. The van der Waals surface area contributed by atoms with Crippen molar-refractivity contribution in [1.29, 1.82) is 0 Å². The molecule has 1 atom stereocenters. The maximum absolute atomic E-state index is 11.6. The highest BCUT2D eigenvalue weighted by atomic mass is 16.5. The number of nitrogen functional groups attached to an aromatic ring is 1. The van der Waals surface area contributed by atoms with Crippen molar-refractivity contribution in [3.05, 3.63) is 23.8 Å². The van der Waals surface area contributed by atoms with Gasteiger partial charge in [-0.25, -0.2) is 0 Å². The molecule has 0 heterocycles. The van der Waals surface area contributed by atoms with E-state index in [1.54, 1.807) is 19.2 Å². The van der Waals surface area contributed by atoms with Crippen LogP contribution in [0, 0.1) is 0 Å². The number of amides is 1. The Bertz CT molecular complexity index is 407. The van der Waals surface area contributed by atoms with Crippen molar-refractivity contribution in [2.24, 2.45) is 0 Å². The third-order valence-electron chi connectivity index (χ3n) is 2.76. The molecule has 0 saturated heterocycles. The molecule has 1 rings (SSSR count). The van der Waals surface area contributed by atoms with Crippen molar-refractivity contribution in [3.8, 4) is 5.75 Å². The second-order valence-electron chi connectivity index (χ2n) is 4.25. The molecule has 0 aromatic heterocycles. The van der Waals surface area contributed by atoms with Crippen LogP contribution in [-0.2, 0) is 16.1 Å². The molecule has 18 heavy (non-hydrogen) atoms. The van der Waals surface area contributed by atoms with Crippen molar-refractivity contribution in [1.82, 2.24) is 5.32 Å². The number of carbonyl (C=O) groups is 1. The Kier molecular flexibility index (Phi) is 5.45. The minimum absolute atomic E-state index is 0.0662. The number of ether oxygens (including phenoxy) is 1. The summed E-state index contributed by atoms with van der Waals surface area (Å²) in [6, 6.07) is 4.78. The van der Waals surface area contributed by atoms with E-state index < -0.39 is 0 Å². The number of hydrogen-bond donors (Lipinski definition) is 3. The molecule has 0 radical (unpaired) electrons. The number of phenolic OH excluding ortho intramolecular Hbond substituents is 1. The van der Waals surface area contributed by atoms with Crippen LogP contribution in [0.25, 0.3) is 0 Å². The predicted molar refractivity (Wildman–Crippen MR) is 70.1 cm³/mol. The fourth-order valence-electron chi connectivity index (χ4n) is 1.48. The van der Waals surface area contributed by atoms with Gasteiger partial charge < -0.3 is 20.9 Å².